The van der Waals surface area contributed by atoms with Gasteiger partial charge in [0.1, 0.15) is 6.04 Å². The van der Waals surface area contributed by atoms with Gasteiger partial charge in [-0.05, 0) is 37.3 Å². The van der Waals surface area contributed by atoms with Gasteiger partial charge in [-0.15, -0.1) is 0 Å². The van der Waals surface area contributed by atoms with Gasteiger partial charge >= 0.3 is 0 Å². The van der Waals surface area contributed by atoms with Crippen molar-refractivity contribution in [2.24, 2.45) is 0 Å². The average Bonchev–Trinajstić information content (AvgIpc) is 2.96. The predicted molar refractivity (Wildman–Crippen MR) is 84.3 cm³/mol. The summed E-state index contributed by atoms with van der Waals surface area (Å²) in [4.78, 5) is 14.8. The number of anilines is 1. The average molecular weight is 320 g/mol. The highest BCUT2D eigenvalue weighted by Crippen LogP contribution is 2.56. The van der Waals surface area contributed by atoms with Crippen LogP contribution in [-0.4, -0.2) is 44.0 Å². The van der Waals surface area contributed by atoms with Crippen LogP contribution in [0.1, 0.15) is 31.2 Å². The van der Waals surface area contributed by atoms with Gasteiger partial charge in [0, 0.05) is 24.2 Å². The lowest BCUT2D eigenvalue weighted by Crippen LogP contribution is -2.47. The topological polar surface area (TPSA) is 57.7 Å². The first-order valence-electron chi connectivity index (χ1n) is 7.80. The fourth-order valence-corrected chi connectivity index (χ4v) is 5.09. The first-order chi connectivity index (χ1) is 10.4. The van der Waals surface area contributed by atoms with Crippen molar-refractivity contribution in [1.82, 2.24) is 4.31 Å². The third kappa shape index (κ3) is 2.01. The lowest BCUT2D eigenvalue weighted by atomic mass is 9.99. The number of carbonyl (C=O) groups is 1. The summed E-state index contributed by atoms with van der Waals surface area (Å²) in [5.74, 6) is -0.0563. The van der Waals surface area contributed by atoms with Gasteiger partial charge in [-0.1, -0.05) is 18.2 Å². The SMILES string of the molecule is CS(=O)(=O)N1CCCC1C(=O)N1CC2(CC2)c2ccccc21. The minimum absolute atomic E-state index is 0.0563. The minimum Gasteiger partial charge on any atom is -0.310 e. The maximum absolute atomic E-state index is 13.0. The van der Waals surface area contributed by atoms with Crippen LogP contribution in [0.3, 0.4) is 0 Å². The summed E-state index contributed by atoms with van der Waals surface area (Å²) in [7, 11) is -3.33. The zero-order valence-corrected chi connectivity index (χ0v) is 13.5. The van der Waals surface area contributed by atoms with Crippen molar-refractivity contribution in [1.29, 1.82) is 0 Å². The van der Waals surface area contributed by atoms with Crippen LogP contribution in [0.25, 0.3) is 0 Å². The first kappa shape index (κ1) is 14.2. The third-order valence-electron chi connectivity index (χ3n) is 5.26. The number of benzene rings is 1. The molecule has 0 radical (unpaired) electrons. The molecule has 0 bridgehead atoms. The fourth-order valence-electron chi connectivity index (χ4n) is 3.97. The summed E-state index contributed by atoms with van der Waals surface area (Å²) in [5, 5.41) is 0. The number of hydrogen-bond acceptors (Lipinski definition) is 3. The van der Waals surface area contributed by atoms with E-state index >= 15 is 0 Å². The molecule has 1 spiro atoms. The molecule has 1 saturated carbocycles. The molecule has 3 aliphatic rings. The Morgan fingerprint density at radius 1 is 1.27 bits per heavy atom. The molecule has 2 aliphatic heterocycles. The Bertz CT molecular complexity index is 740. The number of nitrogens with zero attached hydrogens (tertiary/aromatic N) is 2. The van der Waals surface area contributed by atoms with Crippen molar-refractivity contribution < 1.29 is 13.2 Å². The molecule has 22 heavy (non-hydrogen) atoms. The highest BCUT2D eigenvalue weighted by molar-refractivity contribution is 7.88. The zero-order chi connectivity index (χ0) is 15.5. The number of amides is 1. The largest absolute Gasteiger partial charge is 0.310 e. The molecule has 1 aromatic carbocycles. The van der Waals surface area contributed by atoms with Crippen molar-refractivity contribution in [3.63, 3.8) is 0 Å². The first-order valence-corrected chi connectivity index (χ1v) is 9.65. The molecule has 6 heteroatoms. The summed E-state index contributed by atoms with van der Waals surface area (Å²) >= 11 is 0. The van der Waals surface area contributed by atoms with Gasteiger partial charge in [-0.3, -0.25) is 4.79 Å². The molecular formula is C16H20N2O3S. The van der Waals surface area contributed by atoms with E-state index in [-0.39, 0.29) is 11.3 Å². The van der Waals surface area contributed by atoms with E-state index in [1.54, 1.807) is 0 Å². The molecule has 5 nitrogen and oxygen atoms in total. The zero-order valence-electron chi connectivity index (χ0n) is 12.7. The summed E-state index contributed by atoms with van der Waals surface area (Å²) in [6, 6.07) is 7.53. The van der Waals surface area contributed by atoms with Crippen molar-refractivity contribution in [2.45, 2.75) is 37.1 Å². The number of para-hydroxylation sites is 1. The lowest BCUT2D eigenvalue weighted by molar-refractivity contribution is -0.121. The molecule has 1 unspecified atom stereocenters. The Morgan fingerprint density at radius 3 is 2.68 bits per heavy atom. The molecular weight excluding hydrogens is 300 g/mol. The fraction of sp³-hybridized carbons (Fsp3) is 0.562. The van der Waals surface area contributed by atoms with Gasteiger partial charge in [-0.25, -0.2) is 8.42 Å². The Kier molecular flexibility index (Phi) is 2.94. The maximum atomic E-state index is 13.0. The second-order valence-corrected chi connectivity index (χ2v) is 8.69. The molecule has 4 rings (SSSR count). The van der Waals surface area contributed by atoms with E-state index < -0.39 is 16.1 Å². The predicted octanol–water partition coefficient (Wildman–Crippen LogP) is 1.49. The molecule has 1 amide bonds. The van der Waals surface area contributed by atoms with E-state index in [1.807, 2.05) is 23.1 Å². The number of carbonyl (C=O) groups excluding carboxylic acids is 1. The van der Waals surface area contributed by atoms with Crippen LogP contribution in [0, 0.1) is 0 Å². The van der Waals surface area contributed by atoms with Crippen LogP contribution in [0.4, 0.5) is 5.69 Å². The van der Waals surface area contributed by atoms with E-state index in [4.69, 9.17) is 0 Å². The van der Waals surface area contributed by atoms with E-state index in [1.165, 1.54) is 16.1 Å². The van der Waals surface area contributed by atoms with Crippen LogP contribution in [0.2, 0.25) is 0 Å². The number of fused-ring (bicyclic) bond motifs is 2. The van der Waals surface area contributed by atoms with Crippen LogP contribution >= 0.6 is 0 Å². The standard InChI is InChI=1S/C16H20N2O3S/c1-22(20,21)18-10-4-7-14(18)15(19)17-11-16(8-9-16)12-5-2-3-6-13(12)17/h2-3,5-6,14H,4,7-11H2,1H3. The third-order valence-corrected chi connectivity index (χ3v) is 6.55. The van der Waals surface area contributed by atoms with Gasteiger partial charge in [0.2, 0.25) is 15.9 Å². The molecule has 1 atom stereocenters. The summed E-state index contributed by atoms with van der Waals surface area (Å²) in [6.45, 7) is 1.16. The smallest absolute Gasteiger partial charge is 0.245 e. The number of rotatable bonds is 2. The Labute approximate surface area is 131 Å². The van der Waals surface area contributed by atoms with E-state index in [0.717, 1.165) is 24.9 Å². The van der Waals surface area contributed by atoms with Gasteiger partial charge < -0.3 is 4.90 Å². The molecule has 0 aromatic heterocycles. The normalized spacial score (nSPS) is 26.4. The van der Waals surface area contributed by atoms with E-state index in [0.29, 0.717) is 19.5 Å². The molecule has 2 fully saturated rings. The Balaban J connectivity index is 1.67. The molecule has 1 aromatic rings. The Hall–Kier alpha value is -1.40. The van der Waals surface area contributed by atoms with Crippen LogP contribution in [0.5, 0.6) is 0 Å². The number of sulfonamides is 1. The molecule has 1 aliphatic carbocycles. The molecule has 118 valence electrons. The van der Waals surface area contributed by atoms with E-state index in [2.05, 4.69) is 6.07 Å². The summed E-state index contributed by atoms with van der Waals surface area (Å²) in [5.41, 5.74) is 2.37. The summed E-state index contributed by atoms with van der Waals surface area (Å²) in [6.07, 6.45) is 4.81. The second kappa shape index (κ2) is 4.55. The maximum Gasteiger partial charge on any atom is 0.245 e. The molecule has 2 heterocycles. The van der Waals surface area contributed by atoms with Crippen molar-refractivity contribution >= 4 is 21.6 Å². The minimum atomic E-state index is -3.33. The van der Waals surface area contributed by atoms with Crippen LogP contribution in [-0.2, 0) is 20.2 Å². The van der Waals surface area contributed by atoms with E-state index in [9.17, 15) is 13.2 Å². The highest BCUT2D eigenvalue weighted by atomic mass is 32.2. The van der Waals surface area contributed by atoms with Crippen LogP contribution < -0.4 is 4.90 Å². The lowest BCUT2D eigenvalue weighted by Gasteiger charge is -2.27. The van der Waals surface area contributed by atoms with Crippen molar-refractivity contribution in [2.75, 3.05) is 24.2 Å². The molecule has 0 N–H and O–H groups in total. The van der Waals surface area contributed by atoms with Gasteiger partial charge in [-0.2, -0.15) is 4.31 Å². The monoisotopic (exact) mass is 320 g/mol. The van der Waals surface area contributed by atoms with Crippen LogP contribution in [0.15, 0.2) is 24.3 Å². The second-order valence-electron chi connectivity index (χ2n) is 6.75. The van der Waals surface area contributed by atoms with Gasteiger partial charge in [0.05, 0.1) is 6.26 Å². The summed E-state index contributed by atoms with van der Waals surface area (Å²) < 4.78 is 25.2. The number of hydrogen-bond donors (Lipinski definition) is 0. The van der Waals surface area contributed by atoms with Gasteiger partial charge in [0.25, 0.3) is 0 Å². The van der Waals surface area contributed by atoms with Gasteiger partial charge in [0.15, 0.2) is 0 Å². The van der Waals surface area contributed by atoms with Crippen molar-refractivity contribution in [3.05, 3.63) is 29.8 Å². The quantitative estimate of drug-likeness (QED) is 0.829. The van der Waals surface area contributed by atoms with Crippen molar-refractivity contribution in [3.8, 4) is 0 Å². The highest BCUT2D eigenvalue weighted by Gasteiger charge is 2.54. The molecule has 1 saturated heterocycles. The Morgan fingerprint density at radius 2 is 2.00 bits per heavy atom.